The number of aliphatic carboxylic acids is 1. The number of carboxylic acid groups (broad SMARTS) is 1. The Morgan fingerprint density at radius 3 is 2.62 bits per heavy atom. The van der Waals surface area contributed by atoms with Crippen molar-refractivity contribution in [3.05, 3.63) is 18.2 Å². The molecule has 13 nitrogen and oxygen atoms in total. The van der Waals surface area contributed by atoms with Gasteiger partial charge in [-0.05, 0) is 31.3 Å². The largest absolute Gasteiger partial charge is 0.480 e. The molecular formula is C20H31N7O6S. The fourth-order valence-electron chi connectivity index (χ4n) is 3.68. The summed E-state index contributed by atoms with van der Waals surface area (Å²) in [5.74, 6) is -3.17. The lowest BCUT2D eigenvalue weighted by molar-refractivity contribution is -0.143. The first kappa shape index (κ1) is 27.1. The molecule has 4 amide bonds. The molecule has 1 fully saturated rings. The number of hydrogen-bond acceptors (Lipinski definition) is 8. The SMILES string of the molecule is CSCCC(NC(=O)C1CCCN1C(=O)C(N)CC(N)=O)C(=O)NC(Cc1cnc[nH]1)C(=O)O. The van der Waals surface area contributed by atoms with Crippen LogP contribution in [0.15, 0.2) is 12.5 Å². The second-order valence-corrected chi connectivity index (χ2v) is 8.98. The lowest BCUT2D eigenvalue weighted by Gasteiger charge is -2.28. The number of amides is 4. The summed E-state index contributed by atoms with van der Waals surface area (Å²) < 4.78 is 0. The van der Waals surface area contributed by atoms with E-state index in [1.807, 2.05) is 6.26 Å². The average Bonchev–Trinajstić information content (AvgIpc) is 3.46. The first-order valence-electron chi connectivity index (χ1n) is 10.8. The molecule has 0 bridgehead atoms. The molecule has 2 rings (SSSR count). The van der Waals surface area contributed by atoms with Gasteiger partial charge in [0.2, 0.25) is 23.6 Å². The lowest BCUT2D eigenvalue weighted by Crippen LogP contribution is -2.57. The van der Waals surface area contributed by atoms with Gasteiger partial charge in [0.1, 0.15) is 18.1 Å². The van der Waals surface area contributed by atoms with Crippen LogP contribution < -0.4 is 22.1 Å². The van der Waals surface area contributed by atoms with Crippen molar-refractivity contribution in [2.45, 2.75) is 56.3 Å². The van der Waals surface area contributed by atoms with Gasteiger partial charge in [-0.2, -0.15) is 11.8 Å². The summed E-state index contributed by atoms with van der Waals surface area (Å²) in [4.78, 5) is 69.2. The van der Waals surface area contributed by atoms with Crippen molar-refractivity contribution in [1.29, 1.82) is 0 Å². The van der Waals surface area contributed by atoms with Gasteiger partial charge in [0.05, 0.1) is 18.8 Å². The molecule has 0 spiro atoms. The van der Waals surface area contributed by atoms with Crippen molar-refractivity contribution in [2.24, 2.45) is 11.5 Å². The number of aromatic amines is 1. The number of thioether (sulfide) groups is 1. The van der Waals surface area contributed by atoms with Crippen LogP contribution in [0.25, 0.3) is 0 Å². The van der Waals surface area contributed by atoms with Gasteiger partial charge >= 0.3 is 5.97 Å². The first-order chi connectivity index (χ1) is 16.1. The molecule has 0 aliphatic carbocycles. The number of hydrogen-bond donors (Lipinski definition) is 6. The molecule has 14 heteroatoms. The summed E-state index contributed by atoms with van der Waals surface area (Å²) in [6.45, 7) is 0.288. The predicted octanol–water partition coefficient (Wildman–Crippen LogP) is -2.05. The summed E-state index contributed by atoms with van der Waals surface area (Å²) in [6.07, 6.45) is 5.55. The number of nitrogens with zero attached hydrogens (tertiary/aromatic N) is 2. The fourth-order valence-corrected chi connectivity index (χ4v) is 4.15. The van der Waals surface area contributed by atoms with E-state index in [0.29, 0.717) is 24.3 Å². The molecule has 2 heterocycles. The minimum Gasteiger partial charge on any atom is -0.480 e. The van der Waals surface area contributed by atoms with Crippen LogP contribution in [-0.4, -0.2) is 92.3 Å². The highest BCUT2D eigenvalue weighted by Gasteiger charge is 2.38. The molecule has 0 saturated carbocycles. The number of nitrogens with two attached hydrogens (primary N) is 2. The van der Waals surface area contributed by atoms with Gasteiger partial charge in [0, 0.05) is 24.9 Å². The van der Waals surface area contributed by atoms with Crippen LogP contribution in [0.2, 0.25) is 0 Å². The monoisotopic (exact) mass is 497 g/mol. The minimum atomic E-state index is -1.23. The van der Waals surface area contributed by atoms with Crippen LogP contribution in [-0.2, 0) is 30.4 Å². The van der Waals surface area contributed by atoms with Gasteiger partial charge in [-0.25, -0.2) is 9.78 Å². The Bertz CT molecular complexity index is 881. The Balaban J connectivity index is 2.07. The lowest BCUT2D eigenvalue weighted by atomic mass is 10.1. The van der Waals surface area contributed by atoms with Crippen molar-refractivity contribution in [3.8, 4) is 0 Å². The molecular weight excluding hydrogens is 466 g/mol. The highest BCUT2D eigenvalue weighted by molar-refractivity contribution is 7.98. The number of likely N-dealkylation sites (tertiary alicyclic amines) is 1. The molecule has 188 valence electrons. The molecule has 1 aliphatic rings. The molecule has 34 heavy (non-hydrogen) atoms. The number of carbonyl (C=O) groups is 5. The van der Waals surface area contributed by atoms with Crippen LogP contribution in [0, 0.1) is 0 Å². The number of nitrogens with one attached hydrogen (secondary N) is 3. The van der Waals surface area contributed by atoms with Crippen molar-refractivity contribution in [1.82, 2.24) is 25.5 Å². The zero-order chi connectivity index (χ0) is 25.3. The van der Waals surface area contributed by atoms with E-state index in [9.17, 15) is 29.1 Å². The Morgan fingerprint density at radius 2 is 2.03 bits per heavy atom. The normalized spacial score (nSPS) is 18.1. The van der Waals surface area contributed by atoms with E-state index in [2.05, 4.69) is 20.6 Å². The van der Waals surface area contributed by atoms with E-state index in [0.717, 1.165) is 0 Å². The topological polar surface area (TPSA) is 214 Å². The third-order valence-electron chi connectivity index (χ3n) is 5.41. The van der Waals surface area contributed by atoms with Crippen LogP contribution in [0.3, 0.4) is 0 Å². The zero-order valence-electron chi connectivity index (χ0n) is 18.9. The zero-order valence-corrected chi connectivity index (χ0v) is 19.7. The fraction of sp³-hybridized carbons (Fsp3) is 0.600. The molecule has 0 aromatic carbocycles. The highest BCUT2D eigenvalue weighted by atomic mass is 32.2. The van der Waals surface area contributed by atoms with Gasteiger partial charge in [-0.3, -0.25) is 19.2 Å². The van der Waals surface area contributed by atoms with E-state index >= 15 is 0 Å². The minimum absolute atomic E-state index is 0.00702. The third kappa shape index (κ3) is 7.73. The maximum Gasteiger partial charge on any atom is 0.326 e. The number of carboxylic acids is 1. The van der Waals surface area contributed by atoms with E-state index in [4.69, 9.17) is 11.5 Å². The number of aromatic nitrogens is 2. The number of H-pyrrole nitrogens is 1. The summed E-state index contributed by atoms with van der Waals surface area (Å²) in [5.41, 5.74) is 11.4. The van der Waals surface area contributed by atoms with Crippen molar-refractivity contribution in [2.75, 3.05) is 18.6 Å². The quantitative estimate of drug-likeness (QED) is 0.177. The second-order valence-electron chi connectivity index (χ2n) is 7.99. The molecule has 1 aliphatic heterocycles. The maximum atomic E-state index is 13.0. The van der Waals surface area contributed by atoms with Crippen LogP contribution >= 0.6 is 11.8 Å². The summed E-state index contributed by atoms with van der Waals surface area (Å²) in [6, 6.07) is -4.23. The highest BCUT2D eigenvalue weighted by Crippen LogP contribution is 2.19. The van der Waals surface area contributed by atoms with E-state index in [1.165, 1.54) is 29.2 Å². The smallest absolute Gasteiger partial charge is 0.326 e. The van der Waals surface area contributed by atoms with E-state index in [1.54, 1.807) is 0 Å². The Kier molecular flexibility index (Phi) is 10.3. The number of primary amides is 1. The van der Waals surface area contributed by atoms with Crippen molar-refractivity contribution in [3.63, 3.8) is 0 Å². The van der Waals surface area contributed by atoms with Crippen LogP contribution in [0.4, 0.5) is 0 Å². The second kappa shape index (κ2) is 12.9. The van der Waals surface area contributed by atoms with Crippen LogP contribution in [0.1, 0.15) is 31.4 Å². The van der Waals surface area contributed by atoms with Gasteiger partial charge < -0.3 is 37.1 Å². The third-order valence-corrected chi connectivity index (χ3v) is 6.06. The summed E-state index contributed by atoms with van der Waals surface area (Å²) in [5, 5.41) is 14.6. The number of imidazole rings is 1. The van der Waals surface area contributed by atoms with Gasteiger partial charge in [-0.1, -0.05) is 0 Å². The van der Waals surface area contributed by atoms with Crippen molar-refractivity contribution < 1.29 is 29.1 Å². The van der Waals surface area contributed by atoms with E-state index in [-0.39, 0.29) is 25.8 Å². The molecule has 0 radical (unpaired) electrons. The average molecular weight is 498 g/mol. The Hall–Kier alpha value is -3.13. The standard InChI is InChI=1S/C20H31N7O6S/c1-34-6-4-13(17(29)26-14(20(32)33)7-11-9-23-10-24-11)25-18(30)15-3-2-5-27(15)19(31)12(21)8-16(22)28/h9-10,12-15H,2-8,21H2,1H3,(H2,22,28)(H,23,24)(H,25,30)(H,26,29)(H,32,33). The van der Waals surface area contributed by atoms with Crippen molar-refractivity contribution >= 4 is 41.4 Å². The Labute approximate surface area is 200 Å². The van der Waals surface area contributed by atoms with Gasteiger partial charge in [0.15, 0.2) is 0 Å². The molecule has 4 unspecified atom stereocenters. The molecule has 1 aromatic heterocycles. The van der Waals surface area contributed by atoms with Gasteiger partial charge in [0.25, 0.3) is 0 Å². The Morgan fingerprint density at radius 1 is 1.29 bits per heavy atom. The number of carbonyl (C=O) groups excluding carboxylic acids is 4. The molecule has 1 saturated heterocycles. The maximum absolute atomic E-state index is 13.0. The molecule has 4 atom stereocenters. The molecule has 1 aromatic rings. The first-order valence-corrected chi connectivity index (χ1v) is 12.2. The van der Waals surface area contributed by atoms with E-state index < -0.39 is 53.8 Å². The number of rotatable bonds is 13. The van der Waals surface area contributed by atoms with Crippen LogP contribution in [0.5, 0.6) is 0 Å². The summed E-state index contributed by atoms with van der Waals surface area (Å²) in [7, 11) is 0. The molecule has 8 N–H and O–H groups in total. The van der Waals surface area contributed by atoms with Gasteiger partial charge in [-0.15, -0.1) is 0 Å². The summed E-state index contributed by atoms with van der Waals surface area (Å²) >= 11 is 1.46. The predicted molar refractivity (Wildman–Crippen MR) is 123 cm³/mol.